The number of thioether (sulfide) groups is 1. The molecule has 1 aromatic carbocycles. The van der Waals surface area contributed by atoms with Crippen LogP contribution < -0.4 is 10.7 Å². The van der Waals surface area contributed by atoms with Gasteiger partial charge in [0.15, 0.2) is 16.7 Å². The average Bonchev–Trinajstić information content (AvgIpc) is 3.44. The smallest absolute Gasteiger partial charge is 0.344 e. The third kappa shape index (κ3) is 3.43. The molecule has 11 heteroatoms. The van der Waals surface area contributed by atoms with Gasteiger partial charge >= 0.3 is 6.03 Å². The van der Waals surface area contributed by atoms with Crippen molar-refractivity contribution < 1.29 is 18.8 Å². The summed E-state index contributed by atoms with van der Waals surface area (Å²) in [5, 5.41) is 11.9. The Morgan fingerprint density at radius 1 is 1.20 bits per heavy atom. The largest absolute Gasteiger partial charge is 0.461 e. The Balaban J connectivity index is 1.40. The van der Waals surface area contributed by atoms with Gasteiger partial charge in [-0.3, -0.25) is 15.0 Å². The first-order chi connectivity index (χ1) is 14.4. The molecule has 10 nitrogen and oxygen atoms in total. The monoisotopic (exact) mass is 426 g/mol. The molecule has 4 rings (SSSR count). The molecule has 1 saturated heterocycles. The SMILES string of the molecule is Cn1c(SCC(=O)NN2C(=O)N[C@](C)(c3ccccc3)C2=O)nnc1-c1ccco1. The standard InChI is InChI=1S/C19H18N6O4S/c1-19(12-7-4-3-5-8-12)16(27)25(17(28)20-19)23-14(26)11-30-18-22-21-15(24(18)2)13-9-6-10-29-13/h3-10H,11H2,1-2H3,(H,20,28)(H,23,26)/t19-/m1/s1. The Kier molecular flexibility index (Phi) is 5.04. The normalized spacial score (nSPS) is 18.5. The molecule has 3 aromatic rings. The van der Waals surface area contributed by atoms with Gasteiger partial charge in [-0.1, -0.05) is 42.1 Å². The maximum absolute atomic E-state index is 12.8. The molecule has 0 radical (unpaired) electrons. The number of hydrazine groups is 1. The second-order valence-corrected chi connectivity index (χ2v) is 7.67. The lowest BCUT2D eigenvalue weighted by molar-refractivity contribution is -0.138. The van der Waals surface area contributed by atoms with Gasteiger partial charge in [-0.25, -0.2) is 4.79 Å². The van der Waals surface area contributed by atoms with E-state index in [0.717, 1.165) is 11.8 Å². The van der Waals surface area contributed by atoms with Crippen molar-refractivity contribution in [1.29, 1.82) is 0 Å². The molecule has 3 heterocycles. The van der Waals surface area contributed by atoms with Crippen molar-refractivity contribution in [2.45, 2.75) is 17.6 Å². The minimum absolute atomic E-state index is 0.0662. The molecular weight excluding hydrogens is 408 g/mol. The average molecular weight is 426 g/mol. The summed E-state index contributed by atoms with van der Waals surface area (Å²) in [6.07, 6.45) is 1.53. The van der Waals surface area contributed by atoms with Crippen LogP contribution in [0.2, 0.25) is 0 Å². The van der Waals surface area contributed by atoms with Gasteiger partial charge in [-0.2, -0.15) is 5.01 Å². The lowest BCUT2D eigenvalue weighted by atomic mass is 9.92. The minimum atomic E-state index is -1.25. The zero-order chi connectivity index (χ0) is 21.3. The summed E-state index contributed by atoms with van der Waals surface area (Å²) >= 11 is 1.12. The van der Waals surface area contributed by atoms with Crippen LogP contribution in [0.1, 0.15) is 12.5 Å². The second kappa shape index (κ2) is 7.67. The zero-order valence-electron chi connectivity index (χ0n) is 16.2. The van der Waals surface area contributed by atoms with Crippen molar-refractivity contribution in [3.63, 3.8) is 0 Å². The minimum Gasteiger partial charge on any atom is -0.461 e. The highest BCUT2D eigenvalue weighted by atomic mass is 32.2. The Hall–Kier alpha value is -3.60. The number of imide groups is 1. The van der Waals surface area contributed by atoms with Crippen LogP contribution in [0.5, 0.6) is 0 Å². The van der Waals surface area contributed by atoms with Crippen molar-refractivity contribution in [2.24, 2.45) is 7.05 Å². The zero-order valence-corrected chi connectivity index (χ0v) is 17.0. The molecule has 2 N–H and O–H groups in total. The second-order valence-electron chi connectivity index (χ2n) is 6.73. The van der Waals surface area contributed by atoms with Crippen LogP contribution in [-0.2, 0) is 22.2 Å². The molecule has 2 aromatic heterocycles. The molecule has 1 fully saturated rings. The highest BCUT2D eigenvalue weighted by Crippen LogP contribution is 2.28. The lowest BCUT2D eigenvalue weighted by Gasteiger charge is -2.22. The predicted molar refractivity (Wildman–Crippen MR) is 107 cm³/mol. The van der Waals surface area contributed by atoms with Crippen molar-refractivity contribution in [3.8, 4) is 11.6 Å². The number of hydrogen-bond acceptors (Lipinski definition) is 7. The Morgan fingerprint density at radius 3 is 2.67 bits per heavy atom. The molecule has 30 heavy (non-hydrogen) atoms. The summed E-state index contributed by atoms with van der Waals surface area (Å²) in [7, 11) is 1.75. The molecule has 1 atom stereocenters. The number of nitrogens with one attached hydrogen (secondary N) is 2. The van der Waals surface area contributed by atoms with E-state index in [1.165, 1.54) is 6.26 Å². The van der Waals surface area contributed by atoms with E-state index in [-0.39, 0.29) is 5.75 Å². The first-order valence-corrected chi connectivity index (χ1v) is 9.96. The van der Waals surface area contributed by atoms with Gasteiger partial charge in [0.05, 0.1) is 12.0 Å². The van der Waals surface area contributed by atoms with E-state index in [1.54, 1.807) is 54.9 Å². The fourth-order valence-corrected chi connectivity index (χ4v) is 3.76. The van der Waals surface area contributed by atoms with Crippen molar-refractivity contribution in [2.75, 3.05) is 5.75 Å². The van der Waals surface area contributed by atoms with E-state index in [1.807, 2.05) is 6.07 Å². The van der Waals surface area contributed by atoms with Crippen LogP contribution in [0.25, 0.3) is 11.6 Å². The van der Waals surface area contributed by atoms with Gasteiger partial charge in [-0.15, -0.1) is 10.2 Å². The lowest BCUT2D eigenvalue weighted by Crippen LogP contribution is -2.48. The fraction of sp³-hybridized carbons (Fsp3) is 0.211. The van der Waals surface area contributed by atoms with E-state index in [9.17, 15) is 14.4 Å². The Morgan fingerprint density at radius 2 is 1.97 bits per heavy atom. The number of urea groups is 1. The third-order valence-electron chi connectivity index (χ3n) is 4.69. The molecule has 0 aliphatic carbocycles. The van der Waals surface area contributed by atoms with E-state index in [2.05, 4.69) is 20.9 Å². The number of carbonyl (C=O) groups excluding carboxylic acids is 3. The van der Waals surface area contributed by atoms with Crippen molar-refractivity contribution in [1.82, 2.24) is 30.5 Å². The highest BCUT2D eigenvalue weighted by molar-refractivity contribution is 7.99. The topological polar surface area (TPSA) is 122 Å². The van der Waals surface area contributed by atoms with Crippen LogP contribution in [0.3, 0.4) is 0 Å². The van der Waals surface area contributed by atoms with E-state index in [4.69, 9.17) is 4.42 Å². The van der Waals surface area contributed by atoms with E-state index < -0.39 is 23.4 Å². The van der Waals surface area contributed by atoms with Gasteiger partial charge < -0.3 is 14.3 Å². The summed E-state index contributed by atoms with van der Waals surface area (Å²) < 4.78 is 7.00. The highest BCUT2D eigenvalue weighted by Gasteiger charge is 2.49. The third-order valence-corrected chi connectivity index (χ3v) is 5.71. The number of amides is 4. The van der Waals surface area contributed by atoms with Gasteiger partial charge in [-0.05, 0) is 24.6 Å². The van der Waals surface area contributed by atoms with Crippen LogP contribution in [0.15, 0.2) is 58.3 Å². The van der Waals surface area contributed by atoms with E-state index >= 15 is 0 Å². The first kappa shape index (κ1) is 19.7. The van der Waals surface area contributed by atoms with Gasteiger partial charge in [0.1, 0.15) is 5.54 Å². The van der Waals surface area contributed by atoms with E-state index in [0.29, 0.717) is 27.3 Å². The molecule has 0 saturated carbocycles. The van der Waals surface area contributed by atoms with Gasteiger partial charge in [0.25, 0.3) is 5.91 Å². The van der Waals surface area contributed by atoms with Crippen LogP contribution >= 0.6 is 11.8 Å². The maximum Gasteiger partial charge on any atom is 0.344 e. The first-order valence-electron chi connectivity index (χ1n) is 8.98. The molecular formula is C19H18N6O4S. The van der Waals surface area contributed by atoms with Crippen LogP contribution in [-0.4, -0.2) is 43.4 Å². The molecule has 0 bridgehead atoms. The number of benzene rings is 1. The quantitative estimate of drug-likeness (QED) is 0.454. The fourth-order valence-electron chi connectivity index (χ4n) is 3.06. The Labute approximate surface area is 175 Å². The number of carbonyl (C=O) groups is 3. The van der Waals surface area contributed by atoms with Gasteiger partial charge in [0, 0.05) is 7.05 Å². The molecule has 1 aliphatic heterocycles. The predicted octanol–water partition coefficient (Wildman–Crippen LogP) is 1.67. The molecule has 154 valence electrons. The Bertz CT molecular complexity index is 1100. The summed E-state index contributed by atoms with van der Waals surface area (Å²) in [5.41, 5.74) is 1.74. The number of aromatic nitrogens is 3. The molecule has 1 aliphatic rings. The summed E-state index contributed by atoms with van der Waals surface area (Å²) in [6.45, 7) is 1.60. The van der Waals surface area contributed by atoms with Gasteiger partial charge in [0.2, 0.25) is 5.91 Å². The number of nitrogens with zero attached hydrogens (tertiary/aromatic N) is 4. The molecule has 0 unspecified atom stereocenters. The van der Waals surface area contributed by atoms with Crippen molar-refractivity contribution >= 4 is 29.6 Å². The van der Waals surface area contributed by atoms with Crippen LogP contribution in [0.4, 0.5) is 4.79 Å². The van der Waals surface area contributed by atoms with Crippen LogP contribution in [0, 0.1) is 0 Å². The molecule has 4 amide bonds. The number of furan rings is 1. The van der Waals surface area contributed by atoms with Crippen molar-refractivity contribution in [3.05, 3.63) is 54.3 Å². The number of hydrogen-bond donors (Lipinski definition) is 2. The number of rotatable bonds is 6. The summed E-state index contributed by atoms with van der Waals surface area (Å²) in [6, 6.07) is 11.6. The summed E-state index contributed by atoms with van der Waals surface area (Å²) in [4.78, 5) is 37.5. The molecule has 0 spiro atoms. The summed E-state index contributed by atoms with van der Waals surface area (Å²) in [5.74, 6) is -0.0703. The maximum atomic E-state index is 12.8.